The Morgan fingerprint density at radius 2 is 1.76 bits per heavy atom. The van der Waals surface area contributed by atoms with Crippen LogP contribution in [0.15, 0.2) is 23.3 Å². The van der Waals surface area contributed by atoms with Gasteiger partial charge in [0, 0.05) is 11.5 Å². The summed E-state index contributed by atoms with van der Waals surface area (Å²) in [7, 11) is -0.607. The third-order valence-corrected chi connectivity index (χ3v) is 9.84. The zero-order chi connectivity index (χ0) is 20.0. The lowest BCUT2D eigenvalue weighted by atomic mass is 9.91. The molecule has 5 heteroatoms. The van der Waals surface area contributed by atoms with Crippen molar-refractivity contribution >= 4 is 14.3 Å². The Hall–Kier alpha value is -0.913. The first kappa shape index (κ1) is 24.1. The van der Waals surface area contributed by atoms with Crippen LogP contribution in [0.2, 0.25) is 18.1 Å². The Kier molecular flexibility index (Phi) is 9.34. The second kappa shape index (κ2) is 9.69. The van der Waals surface area contributed by atoms with Crippen LogP contribution in [0, 0.1) is 5.92 Å². The standard InChI is InChI=1S/C20H38O4Si/c1-11-14(2)18(24-25(9,10)20(5,6)7)16(4)17(21)13-12-15(3)19(22)23-8/h11-12,16-18,21H,13H2,1-10H3/b14-11+,15-12+/t16-,17+,18-/m1/s1. The van der Waals surface area contributed by atoms with Crippen LogP contribution in [-0.4, -0.2) is 38.7 Å². The zero-order valence-corrected chi connectivity index (χ0v) is 18.8. The number of aliphatic hydroxyl groups is 1. The molecule has 0 radical (unpaired) electrons. The van der Waals surface area contributed by atoms with E-state index in [0.717, 1.165) is 5.57 Å². The van der Waals surface area contributed by atoms with Crippen LogP contribution < -0.4 is 0 Å². The molecule has 0 fully saturated rings. The fraction of sp³-hybridized carbons (Fsp3) is 0.750. The summed E-state index contributed by atoms with van der Waals surface area (Å²) in [6, 6.07) is 0. The summed E-state index contributed by atoms with van der Waals surface area (Å²) in [5.41, 5.74) is 1.64. The third kappa shape index (κ3) is 7.08. The van der Waals surface area contributed by atoms with Crippen molar-refractivity contribution in [1.82, 2.24) is 0 Å². The topological polar surface area (TPSA) is 55.8 Å². The van der Waals surface area contributed by atoms with Crippen molar-refractivity contribution in [2.45, 2.75) is 85.2 Å². The van der Waals surface area contributed by atoms with E-state index in [1.54, 1.807) is 13.0 Å². The van der Waals surface area contributed by atoms with Gasteiger partial charge >= 0.3 is 5.97 Å². The molecule has 4 nitrogen and oxygen atoms in total. The Morgan fingerprint density at radius 3 is 2.16 bits per heavy atom. The number of aliphatic hydroxyl groups excluding tert-OH is 1. The van der Waals surface area contributed by atoms with Crippen molar-refractivity contribution in [3.63, 3.8) is 0 Å². The maximum absolute atomic E-state index is 11.5. The Balaban J connectivity index is 5.32. The molecule has 0 aromatic heterocycles. The van der Waals surface area contributed by atoms with Crippen LogP contribution in [0.1, 0.15) is 54.9 Å². The van der Waals surface area contributed by atoms with Gasteiger partial charge in [-0.25, -0.2) is 4.79 Å². The molecule has 0 aromatic carbocycles. The first-order valence-corrected chi connectivity index (χ1v) is 11.9. The average Bonchev–Trinajstić information content (AvgIpc) is 2.53. The number of methoxy groups -OCH3 is 1. The summed E-state index contributed by atoms with van der Waals surface area (Å²) in [6.45, 7) is 18.8. The van der Waals surface area contributed by atoms with Gasteiger partial charge in [-0.2, -0.15) is 0 Å². The lowest BCUT2D eigenvalue weighted by Crippen LogP contribution is -2.47. The molecular formula is C20H38O4Si. The van der Waals surface area contributed by atoms with Crippen LogP contribution in [0.5, 0.6) is 0 Å². The highest BCUT2D eigenvalue weighted by molar-refractivity contribution is 6.74. The van der Waals surface area contributed by atoms with Crippen molar-refractivity contribution < 1.29 is 19.1 Å². The summed E-state index contributed by atoms with van der Waals surface area (Å²) in [5.74, 6) is -0.439. The highest BCUT2D eigenvalue weighted by atomic mass is 28.4. The average molecular weight is 371 g/mol. The SMILES string of the molecule is C/C=C(\C)[C@@H](O[Si](C)(C)C(C)(C)C)[C@H](C)[C@@H](O)C/C=C(\C)C(=O)OC. The van der Waals surface area contributed by atoms with E-state index in [-0.39, 0.29) is 23.0 Å². The number of hydrogen-bond acceptors (Lipinski definition) is 4. The van der Waals surface area contributed by atoms with Gasteiger partial charge < -0.3 is 14.3 Å². The number of esters is 1. The quantitative estimate of drug-likeness (QED) is 0.287. The highest BCUT2D eigenvalue weighted by Crippen LogP contribution is 2.39. The lowest BCUT2D eigenvalue weighted by Gasteiger charge is -2.42. The summed E-state index contributed by atoms with van der Waals surface area (Å²) < 4.78 is 11.3. The van der Waals surface area contributed by atoms with Crippen molar-refractivity contribution in [3.8, 4) is 0 Å². The van der Waals surface area contributed by atoms with E-state index < -0.39 is 14.4 Å². The summed E-state index contributed by atoms with van der Waals surface area (Å²) in [5, 5.41) is 10.7. The molecule has 0 heterocycles. The van der Waals surface area contributed by atoms with E-state index in [2.05, 4.69) is 46.9 Å². The second-order valence-corrected chi connectivity index (χ2v) is 13.1. The Labute approximate surface area is 155 Å². The van der Waals surface area contributed by atoms with Crippen LogP contribution in [-0.2, 0) is 14.0 Å². The number of carbonyl (C=O) groups is 1. The van der Waals surface area contributed by atoms with Crippen LogP contribution in [0.4, 0.5) is 0 Å². The van der Waals surface area contributed by atoms with Crippen LogP contribution in [0.3, 0.4) is 0 Å². The number of ether oxygens (including phenoxy) is 1. The first-order valence-electron chi connectivity index (χ1n) is 9.02. The number of carbonyl (C=O) groups excluding carboxylic acids is 1. The summed E-state index contributed by atoms with van der Waals surface area (Å²) >= 11 is 0. The molecule has 0 bridgehead atoms. The minimum Gasteiger partial charge on any atom is -0.466 e. The van der Waals surface area contributed by atoms with Crippen molar-refractivity contribution in [2.75, 3.05) is 7.11 Å². The van der Waals surface area contributed by atoms with E-state index in [1.807, 2.05) is 13.8 Å². The largest absolute Gasteiger partial charge is 0.466 e. The molecule has 0 aliphatic heterocycles. The van der Waals surface area contributed by atoms with E-state index in [0.29, 0.717) is 12.0 Å². The normalized spacial score (nSPS) is 17.9. The molecule has 0 amide bonds. The third-order valence-electron chi connectivity index (χ3n) is 5.39. The first-order chi connectivity index (χ1) is 11.3. The smallest absolute Gasteiger partial charge is 0.333 e. The Morgan fingerprint density at radius 1 is 1.24 bits per heavy atom. The fourth-order valence-corrected chi connectivity index (χ4v) is 3.62. The van der Waals surface area contributed by atoms with Crippen molar-refractivity contribution in [2.24, 2.45) is 5.92 Å². The molecule has 25 heavy (non-hydrogen) atoms. The molecule has 0 aliphatic rings. The van der Waals surface area contributed by atoms with Crippen LogP contribution >= 0.6 is 0 Å². The molecule has 0 unspecified atom stereocenters. The Bertz CT molecular complexity index is 500. The molecule has 0 saturated heterocycles. The summed E-state index contributed by atoms with van der Waals surface area (Å²) in [6.07, 6.45) is 3.46. The predicted octanol–water partition coefficient (Wildman–Crippen LogP) is 4.85. The van der Waals surface area contributed by atoms with Gasteiger partial charge in [0.15, 0.2) is 8.32 Å². The van der Waals surface area contributed by atoms with E-state index in [4.69, 9.17) is 9.16 Å². The molecule has 0 aliphatic carbocycles. The van der Waals surface area contributed by atoms with Crippen LogP contribution in [0.25, 0.3) is 0 Å². The minimum atomic E-state index is -1.97. The van der Waals surface area contributed by atoms with E-state index in [9.17, 15) is 9.90 Å². The van der Waals surface area contributed by atoms with Gasteiger partial charge in [-0.05, 0) is 50.9 Å². The maximum atomic E-state index is 11.5. The number of hydrogen-bond donors (Lipinski definition) is 1. The van der Waals surface area contributed by atoms with E-state index in [1.165, 1.54) is 7.11 Å². The molecule has 1 N–H and O–H groups in total. The molecule has 3 atom stereocenters. The highest BCUT2D eigenvalue weighted by Gasteiger charge is 2.41. The van der Waals surface area contributed by atoms with Gasteiger partial charge in [0.05, 0.1) is 19.3 Å². The zero-order valence-electron chi connectivity index (χ0n) is 17.8. The number of allylic oxidation sites excluding steroid dienone is 1. The van der Waals surface area contributed by atoms with Gasteiger partial charge in [0.2, 0.25) is 0 Å². The van der Waals surface area contributed by atoms with Gasteiger partial charge in [0.25, 0.3) is 0 Å². The van der Waals surface area contributed by atoms with Gasteiger partial charge in [-0.1, -0.05) is 39.8 Å². The molecule has 0 saturated carbocycles. The molecule has 0 spiro atoms. The predicted molar refractivity (Wildman–Crippen MR) is 107 cm³/mol. The fourth-order valence-electron chi connectivity index (χ4n) is 2.23. The van der Waals surface area contributed by atoms with Gasteiger partial charge in [-0.3, -0.25) is 0 Å². The lowest BCUT2D eigenvalue weighted by molar-refractivity contribution is -0.136. The van der Waals surface area contributed by atoms with Gasteiger partial charge in [0.1, 0.15) is 0 Å². The van der Waals surface area contributed by atoms with Gasteiger partial charge in [-0.15, -0.1) is 0 Å². The summed E-state index contributed by atoms with van der Waals surface area (Å²) in [4.78, 5) is 11.5. The monoisotopic (exact) mass is 370 g/mol. The minimum absolute atomic E-state index is 0.0768. The van der Waals surface area contributed by atoms with Crippen molar-refractivity contribution in [3.05, 3.63) is 23.3 Å². The molecule has 146 valence electrons. The number of rotatable bonds is 8. The molecule has 0 aromatic rings. The van der Waals surface area contributed by atoms with Crippen molar-refractivity contribution in [1.29, 1.82) is 0 Å². The second-order valence-electron chi connectivity index (χ2n) is 8.37. The molecule has 0 rings (SSSR count). The molecular weight excluding hydrogens is 332 g/mol. The van der Waals surface area contributed by atoms with E-state index >= 15 is 0 Å². The maximum Gasteiger partial charge on any atom is 0.333 e.